The van der Waals surface area contributed by atoms with Crippen LogP contribution in [0.25, 0.3) is 0 Å². The van der Waals surface area contributed by atoms with Crippen LogP contribution in [0.4, 0.5) is 5.69 Å². The lowest BCUT2D eigenvalue weighted by Gasteiger charge is -2.21. The number of carbonyl (C=O) groups is 1. The van der Waals surface area contributed by atoms with Gasteiger partial charge in [-0.3, -0.25) is 4.79 Å². The predicted molar refractivity (Wildman–Crippen MR) is 128 cm³/mol. The monoisotopic (exact) mass is 508 g/mol. The minimum Gasteiger partial charge on any atom is -0.497 e. The van der Waals surface area contributed by atoms with Crippen molar-refractivity contribution in [1.29, 1.82) is 0 Å². The number of likely N-dealkylation sites (tertiary alicyclic amines) is 1. The summed E-state index contributed by atoms with van der Waals surface area (Å²) >= 11 is 0. The van der Waals surface area contributed by atoms with E-state index in [9.17, 15) is 4.79 Å². The normalized spacial score (nSPS) is 16.1. The Hall–Kier alpha value is -2.29. The van der Waals surface area contributed by atoms with E-state index in [2.05, 4.69) is 32.7 Å². The smallest absolute Gasteiger partial charge is 0.246 e. The zero-order valence-electron chi connectivity index (χ0n) is 16.9. The molecule has 7 heteroatoms. The van der Waals surface area contributed by atoms with Crippen LogP contribution in [0.15, 0.2) is 59.6 Å². The van der Waals surface area contributed by atoms with Crippen LogP contribution in [0.3, 0.4) is 0 Å². The molecule has 2 N–H and O–H groups in total. The van der Waals surface area contributed by atoms with E-state index in [0.29, 0.717) is 5.92 Å². The van der Waals surface area contributed by atoms with Gasteiger partial charge in [0.05, 0.1) is 7.11 Å². The Kier molecular flexibility index (Phi) is 9.24. The number of anilines is 1. The molecule has 2 aromatic carbocycles. The zero-order chi connectivity index (χ0) is 19.8. The second-order valence-corrected chi connectivity index (χ2v) is 6.79. The fraction of sp³-hybridized carbons (Fsp3) is 0.364. The van der Waals surface area contributed by atoms with Crippen LogP contribution in [0.5, 0.6) is 5.75 Å². The van der Waals surface area contributed by atoms with E-state index in [1.807, 2.05) is 49.4 Å². The molecule has 1 unspecified atom stereocenters. The highest BCUT2D eigenvalue weighted by molar-refractivity contribution is 14.0. The molecule has 3 rings (SSSR count). The molecule has 1 heterocycles. The minimum absolute atomic E-state index is 0. The molecule has 1 aliphatic heterocycles. The molecule has 1 amide bonds. The number of amides is 1. The van der Waals surface area contributed by atoms with E-state index in [-0.39, 0.29) is 36.4 Å². The van der Waals surface area contributed by atoms with Crippen molar-refractivity contribution < 1.29 is 9.53 Å². The summed E-state index contributed by atoms with van der Waals surface area (Å²) in [5, 5.41) is 6.18. The molecule has 1 fully saturated rings. The van der Waals surface area contributed by atoms with Crippen molar-refractivity contribution in [3.63, 3.8) is 0 Å². The van der Waals surface area contributed by atoms with Crippen molar-refractivity contribution in [2.45, 2.75) is 19.3 Å². The van der Waals surface area contributed by atoms with Gasteiger partial charge in [0.15, 0.2) is 5.96 Å². The molecule has 0 aromatic heterocycles. The maximum absolute atomic E-state index is 12.2. The summed E-state index contributed by atoms with van der Waals surface area (Å²) in [5.74, 6) is 2.00. The molecule has 1 aliphatic rings. The Morgan fingerprint density at radius 1 is 1.17 bits per heavy atom. The van der Waals surface area contributed by atoms with Crippen molar-refractivity contribution in [1.82, 2.24) is 10.2 Å². The molecule has 0 saturated carbocycles. The van der Waals surface area contributed by atoms with Gasteiger partial charge in [0.1, 0.15) is 12.3 Å². The van der Waals surface area contributed by atoms with Gasteiger partial charge in [-0.05, 0) is 43.2 Å². The van der Waals surface area contributed by atoms with E-state index < -0.39 is 0 Å². The van der Waals surface area contributed by atoms with Gasteiger partial charge in [-0.2, -0.15) is 0 Å². The van der Waals surface area contributed by atoms with Gasteiger partial charge < -0.3 is 20.3 Å². The third-order valence-electron chi connectivity index (χ3n) is 4.84. The highest BCUT2D eigenvalue weighted by atomic mass is 127. The van der Waals surface area contributed by atoms with Gasteiger partial charge in [-0.15, -0.1) is 24.0 Å². The van der Waals surface area contributed by atoms with Crippen molar-refractivity contribution >= 4 is 41.5 Å². The number of rotatable bonds is 6. The summed E-state index contributed by atoms with van der Waals surface area (Å²) in [4.78, 5) is 19.0. The number of halogens is 1. The van der Waals surface area contributed by atoms with E-state index >= 15 is 0 Å². The Morgan fingerprint density at radius 2 is 1.90 bits per heavy atom. The number of nitrogens with zero attached hydrogens (tertiary/aromatic N) is 2. The standard InChI is InChI=1S/C22H28N4O2.HI/c1-3-23-22(24-15-21(27)25-19-7-5-4-6-8-19)26-14-13-18(16-26)17-9-11-20(28-2)12-10-17;/h4-12,18H,3,13-16H2,1-2H3,(H,23,24)(H,25,27);1H. The first kappa shape index (κ1) is 23.0. The quantitative estimate of drug-likeness (QED) is 0.355. The summed E-state index contributed by atoms with van der Waals surface area (Å²) in [7, 11) is 1.68. The number of carbonyl (C=O) groups excluding carboxylic acids is 1. The molecule has 6 nitrogen and oxygen atoms in total. The van der Waals surface area contributed by atoms with Crippen LogP contribution in [0.2, 0.25) is 0 Å². The first-order chi connectivity index (χ1) is 13.7. The topological polar surface area (TPSA) is 66.0 Å². The van der Waals surface area contributed by atoms with Gasteiger partial charge >= 0.3 is 0 Å². The van der Waals surface area contributed by atoms with Crippen LogP contribution < -0.4 is 15.4 Å². The Morgan fingerprint density at radius 3 is 2.55 bits per heavy atom. The van der Waals surface area contributed by atoms with Crippen molar-refractivity contribution in [2.24, 2.45) is 4.99 Å². The first-order valence-corrected chi connectivity index (χ1v) is 9.71. The first-order valence-electron chi connectivity index (χ1n) is 9.71. The molecular weight excluding hydrogens is 479 g/mol. The van der Waals surface area contributed by atoms with Crippen molar-refractivity contribution in [2.75, 3.05) is 38.6 Å². The molecule has 0 spiro atoms. The lowest BCUT2D eigenvalue weighted by atomic mass is 9.98. The Bertz CT molecular complexity index is 796. The highest BCUT2D eigenvalue weighted by Gasteiger charge is 2.26. The fourth-order valence-corrected chi connectivity index (χ4v) is 3.40. The number of benzene rings is 2. The van der Waals surface area contributed by atoms with Crippen LogP contribution in [0.1, 0.15) is 24.8 Å². The number of hydrogen-bond acceptors (Lipinski definition) is 3. The maximum Gasteiger partial charge on any atom is 0.246 e. The molecule has 0 bridgehead atoms. The van der Waals surface area contributed by atoms with E-state index in [4.69, 9.17) is 4.74 Å². The summed E-state index contributed by atoms with van der Waals surface area (Å²) < 4.78 is 5.24. The second-order valence-electron chi connectivity index (χ2n) is 6.79. The van der Waals surface area contributed by atoms with E-state index in [0.717, 1.165) is 43.5 Å². The third-order valence-corrected chi connectivity index (χ3v) is 4.84. The van der Waals surface area contributed by atoms with Gasteiger partial charge in [0, 0.05) is 31.2 Å². The number of ether oxygens (including phenoxy) is 1. The summed E-state index contributed by atoms with van der Waals surface area (Å²) in [5.41, 5.74) is 2.09. The van der Waals surface area contributed by atoms with Gasteiger partial charge in [-0.25, -0.2) is 4.99 Å². The van der Waals surface area contributed by atoms with Gasteiger partial charge in [0.25, 0.3) is 0 Å². The predicted octanol–water partition coefficient (Wildman–Crippen LogP) is 3.71. The SMILES string of the molecule is CCNC(=NCC(=O)Nc1ccccc1)N1CCC(c2ccc(OC)cc2)C1.I. The number of hydrogen-bond donors (Lipinski definition) is 2. The number of nitrogens with one attached hydrogen (secondary N) is 2. The molecule has 0 radical (unpaired) electrons. The van der Waals surface area contributed by atoms with Crippen LogP contribution in [-0.4, -0.2) is 50.1 Å². The number of aliphatic imine (C=N–C) groups is 1. The summed E-state index contributed by atoms with van der Waals surface area (Å²) in [6, 6.07) is 17.7. The number of guanidine groups is 1. The molecular formula is C22H29IN4O2. The number of para-hydroxylation sites is 1. The van der Waals surface area contributed by atoms with Gasteiger partial charge in [0.2, 0.25) is 5.91 Å². The average Bonchev–Trinajstić information content (AvgIpc) is 3.22. The molecule has 156 valence electrons. The van der Waals surface area contributed by atoms with Crippen molar-refractivity contribution in [3.05, 3.63) is 60.2 Å². The third kappa shape index (κ3) is 6.62. The Balaban J connectivity index is 0.00000300. The molecule has 1 atom stereocenters. The zero-order valence-corrected chi connectivity index (χ0v) is 19.3. The minimum atomic E-state index is -0.118. The van der Waals surface area contributed by atoms with Crippen LogP contribution in [0, 0.1) is 0 Å². The average molecular weight is 508 g/mol. The molecule has 29 heavy (non-hydrogen) atoms. The van der Waals surface area contributed by atoms with Gasteiger partial charge in [-0.1, -0.05) is 30.3 Å². The van der Waals surface area contributed by atoms with E-state index in [1.165, 1.54) is 5.56 Å². The lowest BCUT2D eigenvalue weighted by molar-refractivity contribution is -0.114. The Labute approximate surface area is 189 Å². The lowest BCUT2D eigenvalue weighted by Crippen LogP contribution is -2.40. The second kappa shape index (κ2) is 11.6. The fourth-order valence-electron chi connectivity index (χ4n) is 3.40. The maximum atomic E-state index is 12.2. The highest BCUT2D eigenvalue weighted by Crippen LogP contribution is 2.28. The molecule has 0 aliphatic carbocycles. The number of methoxy groups -OCH3 is 1. The summed E-state index contributed by atoms with van der Waals surface area (Å²) in [6.45, 7) is 4.71. The molecule has 2 aromatic rings. The van der Waals surface area contributed by atoms with E-state index in [1.54, 1.807) is 7.11 Å². The molecule has 1 saturated heterocycles. The van der Waals surface area contributed by atoms with Crippen LogP contribution >= 0.6 is 24.0 Å². The largest absolute Gasteiger partial charge is 0.497 e. The van der Waals surface area contributed by atoms with Crippen molar-refractivity contribution in [3.8, 4) is 5.75 Å². The van der Waals surface area contributed by atoms with Crippen LogP contribution in [-0.2, 0) is 4.79 Å². The summed E-state index contributed by atoms with van der Waals surface area (Å²) in [6.07, 6.45) is 1.06.